The molecule has 0 bridgehead atoms. The largest absolute Gasteiger partial charge is 0.486 e. The average molecular weight is 334 g/mol. The van der Waals surface area contributed by atoms with Gasteiger partial charge in [-0.3, -0.25) is 0 Å². The van der Waals surface area contributed by atoms with Crippen LogP contribution in [0.3, 0.4) is 0 Å². The highest BCUT2D eigenvalue weighted by atomic mass is 32.2. The maximum atomic E-state index is 11.3. The van der Waals surface area contributed by atoms with Gasteiger partial charge in [-0.1, -0.05) is 30.3 Å². The molecule has 0 amide bonds. The lowest BCUT2D eigenvalue weighted by molar-refractivity contribution is 0.179. The van der Waals surface area contributed by atoms with E-state index in [1.165, 1.54) is 12.1 Å². The normalized spacial score (nSPS) is 13.0. The number of hydrogen-bond acceptors (Lipinski definition) is 4. The van der Waals surface area contributed by atoms with Crippen molar-refractivity contribution in [2.75, 3.05) is 20.6 Å². The van der Waals surface area contributed by atoms with Crippen molar-refractivity contribution in [3.05, 3.63) is 60.2 Å². The summed E-state index contributed by atoms with van der Waals surface area (Å²) in [6.45, 7) is 0.884. The number of ether oxygens (including phenoxy) is 1. The van der Waals surface area contributed by atoms with Crippen LogP contribution < -0.4 is 9.88 Å². The highest BCUT2D eigenvalue weighted by Gasteiger charge is 2.14. The van der Waals surface area contributed by atoms with Crippen molar-refractivity contribution in [2.45, 2.75) is 17.4 Å². The summed E-state index contributed by atoms with van der Waals surface area (Å²) in [5.74, 6) is 0.616. The fourth-order valence-corrected chi connectivity index (χ4v) is 2.72. The minimum Gasteiger partial charge on any atom is -0.486 e. The van der Waals surface area contributed by atoms with Crippen LogP contribution in [0.1, 0.15) is 18.1 Å². The highest BCUT2D eigenvalue weighted by molar-refractivity contribution is 7.89. The van der Waals surface area contributed by atoms with Crippen molar-refractivity contribution >= 4 is 10.0 Å². The molecule has 0 aliphatic heterocycles. The number of benzene rings is 2. The van der Waals surface area contributed by atoms with E-state index in [1.54, 1.807) is 12.1 Å². The van der Waals surface area contributed by atoms with E-state index in [2.05, 4.69) is 4.90 Å². The van der Waals surface area contributed by atoms with Crippen LogP contribution in [0.5, 0.6) is 5.75 Å². The number of nitrogens with two attached hydrogens (primary N) is 1. The topological polar surface area (TPSA) is 72.6 Å². The number of hydrogen-bond donors (Lipinski definition) is 1. The zero-order valence-corrected chi connectivity index (χ0v) is 14.2. The molecule has 0 heterocycles. The lowest BCUT2D eigenvalue weighted by atomic mass is 10.1. The van der Waals surface area contributed by atoms with Gasteiger partial charge < -0.3 is 9.64 Å². The van der Waals surface area contributed by atoms with Gasteiger partial charge >= 0.3 is 0 Å². The van der Waals surface area contributed by atoms with Crippen LogP contribution in [0.4, 0.5) is 0 Å². The second kappa shape index (κ2) is 7.59. The van der Waals surface area contributed by atoms with Crippen molar-refractivity contribution in [2.24, 2.45) is 5.14 Å². The Labute approximate surface area is 137 Å². The van der Waals surface area contributed by atoms with E-state index in [9.17, 15) is 8.42 Å². The van der Waals surface area contributed by atoms with E-state index in [0.29, 0.717) is 5.75 Å². The first-order valence-corrected chi connectivity index (χ1v) is 8.90. The Balaban J connectivity index is 2.17. The van der Waals surface area contributed by atoms with Crippen LogP contribution in [-0.2, 0) is 10.0 Å². The van der Waals surface area contributed by atoms with Gasteiger partial charge in [0.25, 0.3) is 0 Å². The van der Waals surface area contributed by atoms with Crippen LogP contribution in [0, 0.1) is 0 Å². The van der Waals surface area contributed by atoms with Gasteiger partial charge in [-0.25, -0.2) is 13.6 Å². The van der Waals surface area contributed by atoms with Crippen LogP contribution in [-0.4, -0.2) is 34.0 Å². The molecule has 0 aliphatic carbocycles. The van der Waals surface area contributed by atoms with Gasteiger partial charge in [-0.2, -0.15) is 0 Å². The standard InChI is InChI=1S/C17H22N2O3S/c1-19(2)13-12-17(14-6-4-3-5-7-14)22-15-8-10-16(11-9-15)23(18,20)21/h3-11,17H,12-13H2,1-2H3,(H2,18,20,21). The van der Waals surface area contributed by atoms with E-state index in [4.69, 9.17) is 9.88 Å². The lowest BCUT2D eigenvalue weighted by Gasteiger charge is -2.21. The smallest absolute Gasteiger partial charge is 0.238 e. The third-order valence-electron chi connectivity index (χ3n) is 3.44. The molecular weight excluding hydrogens is 312 g/mol. The minimum atomic E-state index is -3.68. The average Bonchev–Trinajstić information content (AvgIpc) is 2.51. The molecule has 6 heteroatoms. The van der Waals surface area contributed by atoms with E-state index >= 15 is 0 Å². The zero-order chi connectivity index (χ0) is 16.9. The molecule has 0 saturated heterocycles. The Kier molecular flexibility index (Phi) is 5.76. The van der Waals surface area contributed by atoms with Crippen molar-refractivity contribution in [1.29, 1.82) is 0 Å². The summed E-state index contributed by atoms with van der Waals surface area (Å²) in [6, 6.07) is 16.1. The van der Waals surface area contributed by atoms with E-state index in [0.717, 1.165) is 18.5 Å². The third kappa shape index (κ3) is 5.35. The van der Waals surface area contributed by atoms with Crippen molar-refractivity contribution in [1.82, 2.24) is 4.90 Å². The Morgan fingerprint density at radius 2 is 1.65 bits per heavy atom. The van der Waals surface area contributed by atoms with Gasteiger partial charge in [0.2, 0.25) is 10.0 Å². The molecular formula is C17H22N2O3S. The molecule has 2 aromatic rings. The van der Waals surface area contributed by atoms with Crippen molar-refractivity contribution in [3.63, 3.8) is 0 Å². The van der Waals surface area contributed by atoms with E-state index in [1.807, 2.05) is 44.4 Å². The predicted molar refractivity (Wildman–Crippen MR) is 90.8 cm³/mol. The fraction of sp³-hybridized carbons (Fsp3) is 0.294. The van der Waals surface area contributed by atoms with Gasteiger partial charge in [-0.05, 0) is 43.9 Å². The first-order valence-electron chi connectivity index (χ1n) is 7.35. The summed E-state index contributed by atoms with van der Waals surface area (Å²) in [5.41, 5.74) is 1.09. The Morgan fingerprint density at radius 3 is 2.17 bits per heavy atom. The highest BCUT2D eigenvalue weighted by Crippen LogP contribution is 2.25. The van der Waals surface area contributed by atoms with E-state index in [-0.39, 0.29) is 11.0 Å². The molecule has 2 aromatic carbocycles. The van der Waals surface area contributed by atoms with Gasteiger partial charge in [0, 0.05) is 13.0 Å². The summed E-state index contributed by atoms with van der Waals surface area (Å²) in [5, 5.41) is 5.11. The molecule has 5 nitrogen and oxygen atoms in total. The number of sulfonamides is 1. The van der Waals surface area contributed by atoms with Gasteiger partial charge in [0.1, 0.15) is 11.9 Å². The van der Waals surface area contributed by atoms with Gasteiger partial charge in [0.15, 0.2) is 0 Å². The lowest BCUT2D eigenvalue weighted by Crippen LogP contribution is -2.18. The van der Waals surface area contributed by atoms with Crippen molar-refractivity contribution in [3.8, 4) is 5.75 Å². The van der Waals surface area contributed by atoms with Gasteiger partial charge in [-0.15, -0.1) is 0 Å². The predicted octanol–water partition coefficient (Wildman–Crippen LogP) is 2.41. The number of primary sulfonamides is 1. The first kappa shape index (κ1) is 17.5. The molecule has 0 spiro atoms. The maximum Gasteiger partial charge on any atom is 0.238 e. The molecule has 0 radical (unpaired) electrons. The van der Waals surface area contributed by atoms with Crippen LogP contribution in [0.2, 0.25) is 0 Å². The molecule has 1 unspecified atom stereocenters. The van der Waals surface area contributed by atoms with Crippen molar-refractivity contribution < 1.29 is 13.2 Å². The third-order valence-corrected chi connectivity index (χ3v) is 4.37. The molecule has 0 aromatic heterocycles. The molecule has 0 saturated carbocycles. The summed E-state index contributed by atoms with van der Waals surface area (Å²) < 4.78 is 28.6. The molecule has 2 N–H and O–H groups in total. The first-order chi connectivity index (χ1) is 10.9. The second-order valence-electron chi connectivity index (χ2n) is 5.63. The molecule has 1 atom stereocenters. The Hall–Kier alpha value is -1.89. The monoisotopic (exact) mass is 334 g/mol. The molecule has 124 valence electrons. The number of rotatable bonds is 7. The SMILES string of the molecule is CN(C)CCC(Oc1ccc(S(N)(=O)=O)cc1)c1ccccc1. The fourth-order valence-electron chi connectivity index (χ4n) is 2.21. The van der Waals surface area contributed by atoms with Gasteiger partial charge in [0.05, 0.1) is 4.90 Å². The number of nitrogens with zero attached hydrogens (tertiary/aromatic N) is 1. The Bertz CT molecular complexity index is 713. The van der Waals surface area contributed by atoms with Crippen LogP contribution >= 0.6 is 0 Å². The quantitative estimate of drug-likeness (QED) is 0.844. The zero-order valence-electron chi connectivity index (χ0n) is 13.3. The summed E-state index contributed by atoms with van der Waals surface area (Å²) in [4.78, 5) is 2.18. The summed E-state index contributed by atoms with van der Waals surface area (Å²) >= 11 is 0. The Morgan fingerprint density at radius 1 is 1.04 bits per heavy atom. The molecule has 0 aliphatic rings. The van der Waals surface area contributed by atoms with Crippen LogP contribution in [0.25, 0.3) is 0 Å². The molecule has 0 fully saturated rings. The van der Waals surface area contributed by atoms with E-state index < -0.39 is 10.0 Å². The molecule has 23 heavy (non-hydrogen) atoms. The second-order valence-corrected chi connectivity index (χ2v) is 7.19. The molecule has 2 rings (SSSR count). The maximum absolute atomic E-state index is 11.3. The summed E-state index contributed by atoms with van der Waals surface area (Å²) in [6.07, 6.45) is 0.729. The van der Waals surface area contributed by atoms with Crippen LogP contribution in [0.15, 0.2) is 59.5 Å². The summed E-state index contributed by atoms with van der Waals surface area (Å²) in [7, 11) is 0.350. The minimum absolute atomic E-state index is 0.0782.